The second-order valence-corrected chi connectivity index (χ2v) is 6.95. The number of imidazole rings is 1. The van der Waals surface area contributed by atoms with E-state index >= 15 is 0 Å². The number of para-hydroxylation sites is 2. The van der Waals surface area contributed by atoms with Crippen LogP contribution in [0.1, 0.15) is 5.56 Å². The number of rotatable bonds is 5. The Bertz CT molecular complexity index is 1200. The fourth-order valence-corrected chi connectivity index (χ4v) is 3.26. The van der Waals surface area contributed by atoms with Crippen LogP contribution < -0.4 is 10.6 Å². The topological polar surface area (TPSA) is 59.0 Å². The molecule has 0 aliphatic heterocycles. The zero-order valence-electron chi connectivity index (χ0n) is 16.3. The van der Waals surface area contributed by atoms with E-state index in [2.05, 4.69) is 10.6 Å². The standard InChI is InChI=1S/C23H20F2N4O/c1-15-6-8-16(9-7-15)22-27-20-4-2-3-5-21(20)29(22)13-12-26-23(30)28-19-11-10-17(24)14-18(19)25/h2-11,14H,12-13H2,1H3,(H2,26,28,30). The molecule has 0 fully saturated rings. The van der Waals surface area contributed by atoms with Gasteiger partial charge in [0, 0.05) is 24.7 Å². The molecule has 0 radical (unpaired) electrons. The number of nitrogens with one attached hydrogen (secondary N) is 2. The van der Waals surface area contributed by atoms with Gasteiger partial charge in [0.05, 0.1) is 16.7 Å². The van der Waals surface area contributed by atoms with Gasteiger partial charge in [0.1, 0.15) is 17.5 Å². The first-order valence-electron chi connectivity index (χ1n) is 9.53. The van der Waals surface area contributed by atoms with Crippen LogP contribution >= 0.6 is 0 Å². The second-order valence-electron chi connectivity index (χ2n) is 6.95. The van der Waals surface area contributed by atoms with Crippen LogP contribution in [0.5, 0.6) is 0 Å². The minimum absolute atomic E-state index is 0.0812. The van der Waals surface area contributed by atoms with Crippen molar-refractivity contribution in [3.63, 3.8) is 0 Å². The average Bonchev–Trinajstić information content (AvgIpc) is 3.09. The van der Waals surface area contributed by atoms with Gasteiger partial charge < -0.3 is 15.2 Å². The van der Waals surface area contributed by atoms with Gasteiger partial charge in [0.2, 0.25) is 0 Å². The van der Waals surface area contributed by atoms with Crippen molar-refractivity contribution >= 4 is 22.8 Å². The Kier molecular flexibility index (Phi) is 5.43. The number of carbonyl (C=O) groups excluding carboxylic acids is 1. The molecule has 2 N–H and O–H groups in total. The molecule has 2 amide bonds. The first-order chi connectivity index (χ1) is 14.5. The number of anilines is 1. The highest BCUT2D eigenvalue weighted by Gasteiger charge is 2.13. The number of aromatic nitrogens is 2. The number of aryl methyl sites for hydroxylation is 1. The van der Waals surface area contributed by atoms with Crippen LogP contribution in [-0.4, -0.2) is 22.1 Å². The Morgan fingerprint density at radius 3 is 2.57 bits per heavy atom. The molecule has 1 aromatic heterocycles. The minimum atomic E-state index is -0.826. The van der Waals surface area contributed by atoms with Crippen molar-refractivity contribution < 1.29 is 13.6 Å². The average molecular weight is 406 g/mol. The third-order valence-corrected chi connectivity index (χ3v) is 4.76. The van der Waals surface area contributed by atoms with Gasteiger partial charge in [-0.3, -0.25) is 0 Å². The number of fused-ring (bicyclic) bond motifs is 1. The van der Waals surface area contributed by atoms with Crippen LogP contribution in [0.25, 0.3) is 22.4 Å². The predicted molar refractivity (Wildman–Crippen MR) is 113 cm³/mol. The zero-order valence-corrected chi connectivity index (χ0v) is 16.3. The molecule has 0 aliphatic carbocycles. The smallest absolute Gasteiger partial charge is 0.319 e. The van der Waals surface area contributed by atoms with E-state index in [-0.39, 0.29) is 5.69 Å². The van der Waals surface area contributed by atoms with E-state index in [4.69, 9.17) is 4.98 Å². The number of hydrogen-bond donors (Lipinski definition) is 2. The van der Waals surface area contributed by atoms with Crippen molar-refractivity contribution in [3.05, 3.63) is 83.9 Å². The monoisotopic (exact) mass is 406 g/mol. The Morgan fingerprint density at radius 2 is 1.80 bits per heavy atom. The van der Waals surface area contributed by atoms with E-state index in [1.165, 1.54) is 6.07 Å². The largest absolute Gasteiger partial charge is 0.336 e. The van der Waals surface area contributed by atoms with Crippen LogP contribution in [0.2, 0.25) is 0 Å². The molecule has 0 spiro atoms. The van der Waals surface area contributed by atoms with Crippen LogP contribution in [0.4, 0.5) is 19.3 Å². The van der Waals surface area contributed by atoms with Crippen molar-refractivity contribution in [2.24, 2.45) is 0 Å². The van der Waals surface area contributed by atoms with Crippen LogP contribution in [-0.2, 0) is 6.54 Å². The van der Waals surface area contributed by atoms with Crippen molar-refractivity contribution in [3.8, 4) is 11.4 Å². The summed E-state index contributed by atoms with van der Waals surface area (Å²) in [6.07, 6.45) is 0. The fraction of sp³-hybridized carbons (Fsp3) is 0.130. The fourth-order valence-electron chi connectivity index (χ4n) is 3.26. The summed E-state index contributed by atoms with van der Waals surface area (Å²) in [6.45, 7) is 2.80. The van der Waals surface area contributed by atoms with Crippen LogP contribution in [0.3, 0.4) is 0 Å². The van der Waals surface area contributed by atoms with Crippen molar-refractivity contribution in [2.45, 2.75) is 13.5 Å². The van der Waals surface area contributed by atoms with E-state index in [0.717, 1.165) is 40.1 Å². The maximum absolute atomic E-state index is 13.7. The number of amides is 2. The zero-order chi connectivity index (χ0) is 21.1. The number of carbonyl (C=O) groups is 1. The summed E-state index contributed by atoms with van der Waals surface area (Å²) in [4.78, 5) is 16.9. The Labute approximate surface area is 172 Å². The number of halogens is 2. The molecule has 4 rings (SSSR count). The summed E-state index contributed by atoms with van der Waals surface area (Å²) in [6, 6.07) is 18.3. The first kappa shape index (κ1) is 19.6. The number of hydrogen-bond acceptors (Lipinski definition) is 2. The van der Waals surface area contributed by atoms with E-state index in [1.54, 1.807) is 0 Å². The molecule has 0 atom stereocenters. The van der Waals surface area contributed by atoms with Crippen molar-refractivity contribution in [1.82, 2.24) is 14.9 Å². The van der Waals surface area contributed by atoms with Gasteiger partial charge in [0.15, 0.2) is 0 Å². The third kappa shape index (κ3) is 4.15. The van der Waals surface area contributed by atoms with Gasteiger partial charge in [-0.1, -0.05) is 42.0 Å². The maximum atomic E-state index is 13.7. The molecule has 4 aromatic rings. The van der Waals surface area contributed by atoms with E-state index in [9.17, 15) is 13.6 Å². The van der Waals surface area contributed by atoms with E-state index in [0.29, 0.717) is 13.1 Å². The summed E-state index contributed by atoms with van der Waals surface area (Å²) in [7, 11) is 0. The van der Waals surface area contributed by atoms with Gasteiger partial charge in [-0.2, -0.15) is 0 Å². The molecule has 3 aromatic carbocycles. The summed E-state index contributed by atoms with van der Waals surface area (Å²) in [5.41, 5.74) is 3.88. The quantitative estimate of drug-likeness (QED) is 0.484. The highest BCUT2D eigenvalue weighted by atomic mass is 19.1. The molecule has 152 valence electrons. The molecule has 0 unspecified atom stereocenters. The van der Waals surface area contributed by atoms with Gasteiger partial charge >= 0.3 is 6.03 Å². The molecule has 1 heterocycles. The van der Waals surface area contributed by atoms with Crippen molar-refractivity contribution in [1.29, 1.82) is 0 Å². The van der Waals surface area contributed by atoms with Crippen molar-refractivity contribution in [2.75, 3.05) is 11.9 Å². The molecule has 7 heteroatoms. The minimum Gasteiger partial charge on any atom is -0.336 e. The summed E-state index contributed by atoms with van der Waals surface area (Å²) in [5.74, 6) is -0.718. The lowest BCUT2D eigenvalue weighted by Crippen LogP contribution is -2.31. The Hall–Kier alpha value is -3.74. The summed E-state index contributed by atoms with van der Waals surface area (Å²) in [5, 5.41) is 5.10. The van der Waals surface area contributed by atoms with E-state index < -0.39 is 17.7 Å². The number of benzene rings is 3. The van der Waals surface area contributed by atoms with Gasteiger partial charge in [-0.25, -0.2) is 18.6 Å². The first-order valence-corrected chi connectivity index (χ1v) is 9.53. The van der Waals surface area contributed by atoms with E-state index in [1.807, 2.05) is 60.0 Å². The normalized spacial score (nSPS) is 10.9. The van der Waals surface area contributed by atoms with Crippen LogP contribution in [0.15, 0.2) is 66.7 Å². The molecule has 0 saturated heterocycles. The SMILES string of the molecule is Cc1ccc(-c2nc3ccccc3n2CCNC(=O)Nc2ccc(F)cc2F)cc1. The molecule has 5 nitrogen and oxygen atoms in total. The van der Waals surface area contributed by atoms with Gasteiger partial charge in [-0.05, 0) is 31.2 Å². The second kappa shape index (κ2) is 8.32. The number of urea groups is 1. The Balaban J connectivity index is 1.50. The summed E-state index contributed by atoms with van der Waals surface area (Å²) < 4.78 is 28.7. The number of nitrogens with zero attached hydrogens (tertiary/aromatic N) is 2. The molecule has 0 bridgehead atoms. The maximum Gasteiger partial charge on any atom is 0.319 e. The summed E-state index contributed by atoms with van der Waals surface area (Å²) >= 11 is 0. The van der Waals surface area contributed by atoms with Crippen LogP contribution in [0, 0.1) is 18.6 Å². The molecular formula is C23H20F2N4O. The lowest BCUT2D eigenvalue weighted by atomic mass is 10.1. The third-order valence-electron chi connectivity index (χ3n) is 4.76. The predicted octanol–water partition coefficient (Wildman–Crippen LogP) is 5.11. The highest BCUT2D eigenvalue weighted by molar-refractivity contribution is 5.89. The molecule has 30 heavy (non-hydrogen) atoms. The lowest BCUT2D eigenvalue weighted by molar-refractivity contribution is 0.251. The highest BCUT2D eigenvalue weighted by Crippen LogP contribution is 2.25. The molecule has 0 saturated carbocycles. The van der Waals surface area contributed by atoms with Gasteiger partial charge in [-0.15, -0.1) is 0 Å². The lowest BCUT2D eigenvalue weighted by Gasteiger charge is -2.12. The molecule has 0 aliphatic rings. The Morgan fingerprint density at radius 1 is 1.03 bits per heavy atom. The van der Waals surface area contributed by atoms with Gasteiger partial charge in [0.25, 0.3) is 0 Å². The molecular weight excluding hydrogens is 386 g/mol.